The first-order valence-electron chi connectivity index (χ1n) is 8.71. The fourth-order valence-electron chi connectivity index (χ4n) is 2.54. The van der Waals surface area contributed by atoms with Gasteiger partial charge in [0.1, 0.15) is 0 Å². The quantitative estimate of drug-likeness (QED) is 0.469. The first kappa shape index (κ1) is 21.8. The molecule has 22 heavy (non-hydrogen) atoms. The molecule has 0 aliphatic rings. The van der Waals surface area contributed by atoms with Crippen LogP contribution < -0.4 is 0 Å². The van der Waals surface area contributed by atoms with E-state index < -0.39 is 0 Å². The molecule has 0 aliphatic carbocycles. The molecular weight excluding hydrogens is 308 g/mol. The fraction of sp³-hybridized carbons (Fsp3) is 0.889. The van der Waals surface area contributed by atoms with Gasteiger partial charge in [0.25, 0.3) is 0 Å². The van der Waals surface area contributed by atoms with Crippen molar-refractivity contribution in [1.29, 1.82) is 0 Å². The predicted molar refractivity (Wildman–Crippen MR) is 108 cm³/mol. The Morgan fingerprint density at radius 3 is 2.18 bits per heavy atom. The third kappa shape index (κ3) is 7.36. The zero-order valence-electron chi connectivity index (χ0n) is 15.7. The third-order valence-electron chi connectivity index (χ3n) is 4.25. The lowest BCUT2D eigenvalue weighted by atomic mass is 9.96. The van der Waals surface area contributed by atoms with Crippen molar-refractivity contribution in [2.75, 3.05) is 13.1 Å². The molecule has 130 valence electrons. The maximum Gasteiger partial charge on any atom is 0.0805 e. The maximum atomic E-state index is 5.82. The number of thiocarbonyl (C=S) groups is 2. The van der Waals surface area contributed by atoms with E-state index in [4.69, 9.17) is 24.4 Å². The molecule has 2 nitrogen and oxygen atoms in total. The summed E-state index contributed by atoms with van der Waals surface area (Å²) in [6, 6.07) is 0.502. The van der Waals surface area contributed by atoms with Crippen LogP contribution in [-0.4, -0.2) is 45.0 Å². The molecule has 0 saturated heterocycles. The van der Waals surface area contributed by atoms with Gasteiger partial charge in [-0.05, 0) is 39.5 Å². The lowest BCUT2D eigenvalue weighted by molar-refractivity contribution is 0.216. The topological polar surface area (TPSA) is 6.48 Å². The molecule has 0 amide bonds. The highest BCUT2D eigenvalue weighted by Crippen LogP contribution is 2.22. The lowest BCUT2D eigenvalue weighted by Gasteiger charge is -2.41. The van der Waals surface area contributed by atoms with Crippen LogP contribution in [-0.2, 0) is 0 Å². The molecule has 0 heterocycles. The second kappa shape index (κ2) is 10.5. The molecule has 0 bridgehead atoms. The summed E-state index contributed by atoms with van der Waals surface area (Å²) in [7, 11) is 0. The van der Waals surface area contributed by atoms with Gasteiger partial charge in [0.15, 0.2) is 0 Å². The van der Waals surface area contributed by atoms with Crippen molar-refractivity contribution in [3.63, 3.8) is 0 Å². The van der Waals surface area contributed by atoms with Crippen molar-refractivity contribution < 1.29 is 0 Å². The van der Waals surface area contributed by atoms with Gasteiger partial charge >= 0.3 is 0 Å². The Morgan fingerprint density at radius 2 is 1.77 bits per heavy atom. The monoisotopic (exact) mass is 344 g/mol. The van der Waals surface area contributed by atoms with Crippen LogP contribution in [0.15, 0.2) is 0 Å². The first-order chi connectivity index (χ1) is 10.2. The Bertz CT molecular complexity index is 340. The van der Waals surface area contributed by atoms with Crippen molar-refractivity contribution in [2.24, 2.45) is 5.92 Å². The summed E-state index contributed by atoms with van der Waals surface area (Å²) in [4.78, 5) is 5.78. The standard InChI is InChI=1S/C18H36N2S2/c1-8-10-11-19(14-21)18(6,7)12-17(22)20(13-15(3)4)16(5)9-2/h14-16H,8-13H2,1-7H3. The fourth-order valence-corrected chi connectivity index (χ4v) is 3.54. The average Bonchev–Trinajstić information content (AvgIpc) is 2.43. The van der Waals surface area contributed by atoms with Gasteiger partial charge in [0.05, 0.1) is 10.5 Å². The summed E-state index contributed by atoms with van der Waals surface area (Å²) < 4.78 is 0. The number of hydrogen-bond donors (Lipinski definition) is 0. The van der Waals surface area contributed by atoms with Crippen LogP contribution in [0, 0.1) is 5.92 Å². The van der Waals surface area contributed by atoms with Crippen molar-refractivity contribution >= 4 is 34.9 Å². The molecule has 0 N–H and O–H groups in total. The number of nitrogens with zero attached hydrogens (tertiary/aromatic N) is 2. The van der Waals surface area contributed by atoms with Crippen LogP contribution >= 0.6 is 24.4 Å². The minimum atomic E-state index is -0.0172. The SMILES string of the molecule is CCCCN(C=S)C(C)(C)CC(=S)N(CC(C)C)C(C)CC. The summed E-state index contributed by atoms with van der Waals surface area (Å²) in [5.41, 5.74) is 1.80. The Balaban J connectivity index is 4.96. The van der Waals surface area contributed by atoms with Gasteiger partial charge in [-0.3, -0.25) is 0 Å². The average molecular weight is 345 g/mol. The summed E-state index contributed by atoms with van der Waals surface area (Å²) >= 11 is 11.1. The Labute approximate surface area is 149 Å². The second-order valence-electron chi connectivity index (χ2n) is 7.34. The van der Waals surface area contributed by atoms with E-state index in [2.05, 4.69) is 58.3 Å². The van der Waals surface area contributed by atoms with Gasteiger partial charge in [0, 0.05) is 31.1 Å². The molecular formula is C18H36N2S2. The zero-order chi connectivity index (χ0) is 17.3. The van der Waals surface area contributed by atoms with Crippen LogP contribution in [0.1, 0.15) is 74.1 Å². The Kier molecular flexibility index (Phi) is 10.4. The molecule has 0 saturated carbocycles. The largest absolute Gasteiger partial charge is 0.363 e. The van der Waals surface area contributed by atoms with E-state index in [1.807, 2.05) is 5.49 Å². The Hall–Kier alpha value is -0.220. The van der Waals surface area contributed by atoms with E-state index in [9.17, 15) is 0 Å². The molecule has 0 aromatic rings. The highest BCUT2D eigenvalue weighted by Gasteiger charge is 2.28. The first-order valence-corrected chi connectivity index (χ1v) is 9.59. The van der Waals surface area contributed by atoms with E-state index >= 15 is 0 Å². The molecule has 0 radical (unpaired) electrons. The smallest absolute Gasteiger partial charge is 0.0805 e. The van der Waals surface area contributed by atoms with E-state index in [1.54, 1.807) is 0 Å². The summed E-state index contributed by atoms with van der Waals surface area (Å²) in [6.45, 7) is 17.8. The predicted octanol–water partition coefficient (Wildman–Crippen LogP) is 5.30. The minimum Gasteiger partial charge on any atom is -0.363 e. The number of rotatable bonds is 11. The van der Waals surface area contributed by atoms with Crippen molar-refractivity contribution in [3.8, 4) is 0 Å². The van der Waals surface area contributed by atoms with E-state index in [1.165, 1.54) is 12.8 Å². The third-order valence-corrected chi connectivity index (χ3v) is 4.88. The lowest BCUT2D eigenvalue weighted by Crippen LogP contribution is -2.49. The van der Waals surface area contributed by atoms with Crippen LogP contribution in [0.2, 0.25) is 0 Å². The molecule has 4 heteroatoms. The van der Waals surface area contributed by atoms with Gasteiger partial charge in [-0.2, -0.15) is 0 Å². The highest BCUT2D eigenvalue weighted by atomic mass is 32.1. The molecule has 0 aromatic heterocycles. The molecule has 1 atom stereocenters. The van der Waals surface area contributed by atoms with E-state index in [0.717, 1.165) is 30.9 Å². The molecule has 0 aliphatic heterocycles. The van der Waals surface area contributed by atoms with Crippen LogP contribution in [0.25, 0.3) is 0 Å². The maximum absolute atomic E-state index is 5.82. The van der Waals surface area contributed by atoms with Gasteiger partial charge in [0.2, 0.25) is 0 Å². The van der Waals surface area contributed by atoms with E-state index in [-0.39, 0.29) is 5.54 Å². The highest BCUT2D eigenvalue weighted by molar-refractivity contribution is 7.80. The Morgan fingerprint density at radius 1 is 1.18 bits per heavy atom. The summed E-state index contributed by atoms with van der Waals surface area (Å²) in [6.07, 6.45) is 4.37. The van der Waals surface area contributed by atoms with E-state index in [0.29, 0.717) is 12.0 Å². The summed E-state index contributed by atoms with van der Waals surface area (Å²) in [5, 5.41) is 0. The van der Waals surface area contributed by atoms with Gasteiger partial charge < -0.3 is 9.80 Å². The van der Waals surface area contributed by atoms with Gasteiger partial charge in [-0.1, -0.05) is 58.6 Å². The molecule has 0 spiro atoms. The van der Waals surface area contributed by atoms with Crippen LogP contribution in [0.3, 0.4) is 0 Å². The van der Waals surface area contributed by atoms with Gasteiger partial charge in [-0.15, -0.1) is 0 Å². The second-order valence-corrected chi connectivity index (χ2v) is 8.02. The normalized spacial score (nSPS) is 13.1. The molecule has 0 fully saturated rings. The minimum absolute atomic E-state index is 0.0172. The van der Waals surface area contributed by atoms with Crippen molar-refractivity contribution in [2.45, 2.75) is 85.7 Å². The molecule has 1 unspecified atom stereocenters. The van der Waals surface area contributed by atoms with Crippen LogP contribution in [0.4, 0.5) is 0 Å². The zero-order valence-corrected chi connectivity index (χ0v) is 17.3. The molecule has 0 rings (SSSR count). The van der Waals surface area contributed by atoms with Crippen LogP contribution in [0.5, 0.6) is 0 Å². The summed E-state index contributed by atoms with van der Waals surface area (Å²) in [5.74, 6) is 0.622. The van der Waals surface area contributed by atoms with Gasteiger partial charge in [-0.25, -0.2) is 0 Å². The number of hydrogen-bond acceptors (Lipinski definition) is 2. The number of unbranched alkanes of at least 4 members (excludes halogenated alkanes) is 1. The van der Waals surface area contributed by atoms with Crippen molar-refractivity contribution in [1.82, 2.24) is 9.80 Å². The molecule has 0 aromatic carbocycles. The van der Waals surface area contributed by atoms with Crippen molar-refractivity contribution in [3.05, 3.63) is 0 Å².